The van der Waals surface area contributed by atoms with Crippen LogP contribution in [0.3, 0.4) is 0 Å². The Bertz CT molecular complexity index is 789. The molecule has 0 radical (unpaired) electrons. The molecule has 20 heavy (non-hydrogen) atoms. The number of rotatable bonds is 3. The van der Waals surface area contributed by atoms with Crippen molar-refractivity contribution in [1.29, 1.82) is 0 Å². The van der Waals surface area contributed by atoms with Crippen molar-refractivity contribution in [3.05, 3.63) is 58.9 Å². The summed E-state index contributed by atoms with van der Waals surface area (Å²) in [6, 6.07) is 7.61. The number of nitrogens with zero attached hydrogens (tertiary/aromatic N) is 4. The number of benzene rings is 1. The summed E-state index contributed by atoms with van der Waals surface area (Å²) in [5, 5.41) is 4.84. The van der Waals surface area contributed by atoms with Crippen LogP contribution in [0.25, 0.3) is 10.9 Å². The van der Waals surface area contributed by atoms with E-state index in [0.29, 0.717) is 11.9 Å². The third kappa shape index (κ3) is 2.22. The number of fused-ring (bicyclic) bond motifs is 1. The smallest absolute Gasteiger partial charge is 0.261 e. The van der Waals surface area contributed by atoms with E-state index in [0.717, 1.165) is 11.1 Å². The quantitative estimate of drug-likeness (QED) is 0.731. The van der Waals surface area contributed by atoms with Crippen LogP contribution >= 0.6 is 0 Å². The van der Waals surface area contributed by atoms with E-state index in [2.05, 4.69) is 10.1 Å². The fourth-order valence-electron chi connectivity index (χ4n) is 2.33. The predicted octanol–water partition coefficient (Wildman–Crippen LogP) is 2.16. The summed E-state index contributed by atoms with van der Waals surface area (Å²) in [5.74, 6) is 0. The molecule has 5 heteroatoms. The van der Waals surface area contributed by atoms with Crippen LogP contribution in [0.2, 0.25) is 0 Å². The van der Waals surface area contributed by atoms with Crippen molar-refractivity contribution in [3.63, 3.8) is 0 Å². The average molecular weight is 268 g/mol. The fraction of sp³-hybridized carbons (Fsp3) is 0.267. The van der Waals surface area contributed by atoms with Crippen LogP contribution in [0.4, 0.5) is 0 Å². The minimum Gasteiger partial charge on any atom is -0.294 e. The Morgan fingerprint density at radius 3 is 2.95 bits per heavy atom. The Kier molecular flexibility index (Phi) is 3.10. The molecule has 2 heterocycles. The molecule has 3 aromatic rings. The topological polar surface area (TPSA) is 52.7 Å². The van der Waals surface area contributed by atoms with Crippen molar-refractivity contribution in [2.45, 2.75) is 26.4 Å². The van der Waals surface area contributed by atoms with Crippen molar-refractivity contribution in [3.8, 4) is 0 Å². The second kappa shape index (κ2) is 4.92. The molecule has 3 rings (SSSR count). The van der Waals surface area contributed by atoms with Crippen LogP contribution < -0.4 is 5.56 Å². The van der Waals surface area contributed by atoms with Crippen LogP contribution in [0.15, 0.2) is 47.8 Å². The Morgan fingerprint density at radius 2 is 2.20 bits per heavy atom. The summed E-state index contributed by atoms with van der Waals surface area (Å²) in [6.07, 6.45) is 5.24. The van der Waals surface area contributed by atoms with Gasteiger partial charge in [-0.15, -0.1) is 0 Å². The van der Waals surface area contributed by atoms with Gasteiger partial charge in [-0.25, -0.2) is 4.98 Å². The maximum Gasteiger partial charge on any atom is 0.261 e. The molecule has 2 aromatic heterocycles. The highest BCUT2D eigenvalue weighted by Gasteiger charge is 2.11. The standard InChI is InChI=1S/C15H16N4O/c1-11-4-5-14-13(8-11)15(20)19(10-16-14)12(2)9-18-7-3-6-17-18/h3-8,10,12H,9H2,1-2H3/t12-/m1/s1. The first-order valence-electron chi connectivity index (χ1n) is 6.60. The number of aryl methyl sites for hydroxylation is 1. The zero-order valence-corrected chi connectivity index (χ0v) is 11.5. The molecular formula is C15H16N4O. The lowest BCUT2D eigenvalue weighted by atomic mass is 10.1. The van der Waals surface area contributed by atoms with E-state index in [1.54, 1.807) is 17.1 Å². The lowest BCUT2D eigenvalue weighted by Gasteiger charge is -2.15. The van der Waals surface area contributed by atoms with Gasteiger partial charge in [-0.3, -0.25) is 14.0 Å². The Morgan fingerprint density at radius 1 is 1.35 bits per heavy atom. The van der Waals surface area contributed by atoms with E-state index >= 15 is 0 Å². The maximum absolute atomic E-state index is 12.5. The second-order valence-electron chi connectivity index (χ2n) is 5.05. The van der Waals surface area contributed by atoms with E-state index in [9.17, 15) is 4.79 Å². The van der Waals surface area contributed by atoms with Gasteiger partial charge in [0.1, 0.15) is 0 Å². The number of hydrogen-bond acceptors (Lipinski definition) is 3. The van der Waals surface area contributed by atoms with Crippen molar-refractivity contribution < 1.29 is 0 Å². The van der Waals surface area contributed by atoms with Gasteiger partial charge in [0.2, 0.25) is 0 Å². The molecule has 0 aliphatic carbocycles. The average Bonchev–Trinajstić information content (AvgIpc) is 2.92. The van der Waals surface area contributed by atoms with Crippen molar-refractivity contribution in [1.82, 2.24) is 19.3 Å². The van der Waals surface area contributed by atoms with Crippen LogP contribution in [-0.2, 0) is 6.54 Å². The van der Waals surface area contributed by atoms with Gasteiger partial charge in [-0.1, -0.05) is 11.6 Å². The normalized spacial score (nSPS) is 12.7. The predicted molar refractivity (Wildman–Crippen MR) is 77.7 cm³/mol. The second-order valence-corrected chi connectivity index (χ2v) is 5.05. The van der Waals surface area contributed by atoms with E-state index in [4.69, 9.17) is 0 Å². The SMILES string of the molecule is Cc1ccc2ncn([C@H](C)Cn3cccn3)c(=O)c2c1. The molecule has 0 saturated carbocycles. The Hall–Kier alpha value is -2.43. The zero-order chi connectivity index (χ0) is 14.1. The highest BCUT2D eigenvalue weighted by molar-refractivity contribution is 5.77. The van der Waals surface area contributed by atoms with Crippen molar-refractivity contribution >= 4 is 10.9 Å². The van der Waals surface area contributed by atoms with Gasteiger partial charge >= 0.3 is 0 Å². The molecule has 0 saturated heterocycles. The summed E-state index contributed by atoms with van der Waals surface area (Å²) in [6.45, 7) is 4.61. The van der Waals surface area contributed by atoms with E-state index < -0.39 is 0 Å². The Balaban J connectivity index is 2.03. The first-order valence-corrected chi connectivity index (χ1v) is 6.60. The van der Waals surface area contributed by atoms with Gasteiger partial charge < -0.3 is 0 Å². The maximum atomic E-state index is 12.5. The first-order chi connectivity index (χ1) is 9.65. The third-order valence-electron chi connectivity index (χ3n) is 3.42. The monoisotopic (exact) mass is 268 g/mol. The molecule has 1 atom stereocenters. The van der Waals surface area contributed by atoms with Crippen LogP contribution in [0.5, 0.6) is 0 Å². The Labute approximate surface area is 116 Å². The first kappa shape index (κ1) is 12.6. The molecule has 0 spiro atoms. The molecule has 1 aromatic carbocycles. The summed E-state index contributed by atoms with van der Waals surface area (Å²) in [4.78, 5) is 16.9. The molecule has 0 aliphatic rings. The van der Waals surface area contributed by atoms with Gasteiger partial charge in [0.25, 0.3) is 5.56 Å². The van der Waals surface area contributed by atoms with Crippen LogP contribution in [0.1, 0.15) is 18.5 Å². The zero-order valence-electron chi connectivity index (χ0n) is 11.5. The van der Waals surface area contributed by atoms with Gasteiger partial charge in [0.15, 0.2) is 0 Å². The van der Waals surface area contributed by atoms with Gasteiger partial charge in [0, 0.05) is 12.4 Å². The third-order valence-corrected chi connectivity index (χ3v) is 3.42. The minimum atomic E-state index is -0.00152. The molecule has 5 nitrogen and oxygen atoms in total. The molecule has 0 N–H and O–H groups in total. The lowest BCUT2D eigenvalue weighted by molar-refractivity contribution is 0.426. The van der Waals surface area contributed by atoms with Gasteiger partial charge in [-0.05, 0) is 32.0 Å². The van der Waals surface area contributed by atoms with Gasteiger partial charge in [-0.2, -0.15) is 5.10 Å². The summed E-state index contributed by atoms with van der Waals surface area (Å²) < 4.78 is 3.49. The molecule has 0 aliphatic heterocycles. The van der Waals surface area contributed by atoms with Crippen molar-refractivity contribution in [2.75, 3.05) is 0 Å². The molecule has 0 amide bonds. The molecule has 102 valence electrons. The lowest BCUT2D eigenvalue weighted by Crippen LogP contribution is -2.26. The molecule has 0 fully saturated rings. The van der Waals surface area contributed by atoms with Crippen LogP contribution in [0, 0.1) is 6.92 Å². The van der Waals surface area contributed by atoms with E-state index in [-0.39, 0.29) is 11.6 Å². The number of aromatic nitrogens is 4. The largest absolute Gasteiger partial charge is 0.294 e. The fourth-order valence-corrected chi connectivity index (χ4v) is 2.33. The minimum absolute atomic E-state index is 0.000174. The van der Waals surface area contributed by atoms with E-state index in [1.165, 1.54) is 0 Å². The highest BCUT2D eigenvalue weighted by atomic mass is 16.1. The summed E-state index contributed by atoms with van der Waals surface area (Å²) in [7, 11) is 0. The molecule has 0 bridgehead atoms. The molecular weight excluding hydrogens is 252 g/mol. The summed E-state index contributed by atoms with van der Waals surface area (Å²) in [5.41, 5.74) is 1.80. The van der Waals surface area contributed by atoms with E-state index in [1.807, 2.05) is 49.0 Å². The van der Waals surface area contributed by atoms with Crippen LogP contribution in [-0.4, -0.2) is 19.3 Å². The summed E-state index contributed by atoms with van der Waals surface area (Å²) >= 11 is 0. The number of hydrogen-bond donors (Lipinski definition) is 0. The van der Waals surface area contributed by atoms with Crippen molar-refractivity contribution in [2.24, 2.45) is 0 Å². The molecule has 0 unspecified atom stereocenters. The highest BCUT2D eigenvalue weighted by Crippen LogP contribution is 2.11. The van der Waals surface area contributed by atoms with Gasteiger partial charge in [0.05, 0.1) is 29.8 Å².